The molecule has 4 nitrogen and oxygen atoms in total. The van der Waals surface area contributed by atoms with Gasteiger partial charge >= 0.3 is 0 Å². The third-order valence-corrected chi connectivity index (χ3v) is 7.87. The second-order valence-electron chi connectivity index (χ2n) is 13.4. The van der Waals surface area contributed by atoms with Crippen LogP contribution in [-0.4, -0.2) is 26.2 Å². The maximum Gasteiger partial charge on any atom is 0.127 e. The van der Waals surface area contributed by atoms with E-state index in [4.69, 9.17) is 9.47 Å². The summed E-state index contributed by atoms with van der Waals surface area (Å²) in [6.45, 7) is 32.1. The monoisotopic (exact) mass is 626 g/mol. The number of hydrogen-bond donors (Lipinski definition) is 0. The van der Waals surface area contributed by atoms with Crippen molar-refractivity contribution >= 4 is 11.4 Å². The average Bonchev–Trinajstić information content (AvgIpc) is 3.01. The lowest BCUT2D eigenvalue weighted by Gasteiger charge is -2.27. The summed E-state index contributed by atoms with van der Waals surface area (Å²) in [6.07, 6.45) is 0. The van der Waals surface area contributed by atoms with Gasteiger partial charge in [-0.3, -0.25) is 0 Å². The van der Waals surface area contributed by atoms with Crippen molar-refractivity contribution in [2.75, 3.05) is 36.0 Å². The molecule has 244 valence electrons. The molecule has 4 heteroatoms. The quantitative estimate of drug-likeness (QED) is 0.116. The van der Waals surface area contributed by atoms with Gasteiger partial charge in [0.25, 0.3) is 0 Å². The van der Waals surface area contributed by atoms with Crippen LogP contribution in [0, 0.1) is 0 Å². The van der Waals surface area contributed by atoms with Gasteiger partial charge in [0.05, 0.1) is 0 Å². The number of benzene rings is 4. The highest BCUT2D eigenvalue weighted by atomic mass is 16.5. The first-order valence-electron chi connectivity index (χ1n) is 16.1. The predicted octanol–water partition coefficient (Wildman–Crippen LogP) is 11.5. The van der Waals surface area contributed by atoms with Gasteiger partial charge in [-0.05, 0) is 112 Å². The topological polar surface area (TPSA) is 24.9 Å². The van der Waals surface area contributed by atoms with E-state index < -0.39 is 0 Å². The van der Waals surface area contributed by atoms with Gasteiger partial charge in [-0.25, -0.2) is 0 Å². The summed E-state index contributed by atoms with van der Waals surface area (Å²) in [5.41, 5.74) is 8.89. The number of anilines is 2. The number of nitrogens with zero attached hydrogens (tertiary/aromatic N) is 2. The molecule has 0 heterocycles. The molecule has 0 unspecified atom stereocenters. The van der Waals surface area contributed by atoms with Crippen LogP contribution in [0.15, 0.2) is 146 Å². The van der Waals surface area contributed by atoms with Crippen molar-refractivity contribution in [3.05, 3.63) is 157 Å². The smallest absolute Gasteiger partial charge is 0.127 e. The van der Waals surface area contributed by atoms with E-state index in [1.54, 1.807) is 0 Å². The molecule has 4 aromatic rings. The average molecular weight is 627 g/mol. The lowest BCUT2D eigenvalue weighted by Crippen LogP contribution is -2.26. The summed E-state index contributed by atoms with van der Waals surface area (Å²) >= 11 is 0. The summed E-state index contributed by atoms with van der Waals surface area (Å²) in [4.78, 5) is 4.54. The van der Waals surface area contributed by atoms with Gasteiger partial charge in [-0.2, -0.15) is 0 Å². The van der Waals surface area contributed by atoms with E-state index in [1.165, 1.54) is 11.1 Å². The molecular weight excluding hydrogens is 576 g/mol. The van der Waals surface area contributed by atoms with Gasteiger partial charge in [0.1, 0.15) is 23.0 Å². The SMILES string of the molecule is C=C(C)CN(CC(=C)C)c1ccc(Oc2ccc(C(C)(C)c3ccc(Oc4ccc(N(CC(=C)C)CC(=C)C)cc4)cc3)cc2)cc1. The van der Waals surface area contributed by atoms with Crippen LogP contribution in [0.2, 0.25) is 0 Å². The maximum atomic E-state index is 6.19. The zero-order valence-electron chi connectivity index (χ0n) is 29.1. The molecule has 0 aromatic heterocycles. The van der Waals surface area contributed by atoms with Crippen LogP contribution in [0.25, 0.3) is 0 Å². The van der Waals surface area contributed by atoms with E-state index in [0.717, 1.165) is 82.8 Å². The molecule has 0 aliphatic heterocycles. The molecule has 0 spiro atoms. The first kappa shape index (κ1) is 34.9. The third kappa shape index (κ3) is 10.0. The zero-order chi connectivity index (χ0) is 34.1. The van der Waals surface area contributed by atoms with Gasteiger partial charge in [-0.1, -0.05) is 86.7 Å². The zero-order valence-corrected chi connectivity index (χ0v) is 29.1. The largest absolute Gasteiger partial charge is 0.457 e. The Labute approximate surface area is 283 Å². The molecule has 0 saturated carbocycles. The van der Waals surface area contributed by atoms with E-state index in [1.807, 2.05) is 76.2 Å². The van der Waals surface area contributed by atoms with Crippen LogP contribution in [-0.2, 0) is 5.41 Å². The second kappa shape index (κ2) is 15.6. The van der Waals surface area contributed by atoms with Crippen molar-refractivity contribution < 1.29 is 9.47 Å². The fourth-order valence-corrected chi connectivity index (χ4v) is 5.55. The Kier molecular flexibility index (Phi) is 11.6. The van der Waals surface area contributed by atoms with Crippen LogP contribution in [0.5, 0.6) is 23.0 Å². The van der Waals surface area contributed by atoms with Gasteiger partial charge in [0.15, 0.2) is 0 Å². The molecule has 0 aliphatic carbocycles. The van der Waals surface area contributed by atoms with E-state index in [0.29, 0.717) is 0 Å². The van der Waals surface area contributed by atoms with Crippen LogP contribution in [0.4, 0.5) is 11.4 Å². The Morgan fingerprint density at radius 3 is 0.915 bits per heavy atom. The summed E-state index contributed by atoms with van der Waals surface area (Å²) in [5, 5.41) is 0. The second-order valence-corrected chi connectivity index (χ2v) is 13.4. The highest BCUT2D eigenvalue weighted by Crippen LogP contribution is 2.35. The molecule has 4 aromatic carbocycles. The first-order valence-corrected chi connectivity index (χ1v) is 16.1. The highest BCUT2D eigenvalue weighted by Gasteiger charge is 2.23. The number of ether oxygens (including phenoxy) is 2. The molecule has 0 fully saturated rings. The fraction of sp³-hybridized carbons (Fsp3) is 0.256. The summed E-state index contributed by atoms with van der Waals surface area (Å²) in [6, 6.07) is 33.1. The maximum absolute atomic E-state index is 6.19. The minimum atomic E-state index is -0.202. The van der Waals surface area contributed by atoms with Crippen molar-refractivity contribution in [3.8, 4) is 23.0 Å². The third-order valence-electron chi connectivity index (χ3n) is 7.87. The van der Waals surface area contributed by atoms with Crippen molar-refractivity contribution in [2.45, 2.75) is 47.0 Å². The van der Waals surface area contributed by atoms with E-state index in [-0.39, 0.29) is 5.41 Å². The molecule has 0 amide bonds. The van der Waals surface area contributed by atoms with Gasteiger partial charge in [0.2, 0.25) is 0 Å². The van der Waals surface area contributed by atoms with E-state index in [9.17, 15) is 0 Å². The summed E-state index contributed by atoms with van der Waals surface area (Å²) in [5.74, 6) is 3.20. The Morgan fingerprint density at radius 1 is 0.447 bits per heavy atom. The lowest BCUT2D eigenvalue weighted by atomic mass is 9.78. The minimum Gasteiger partial charge on any atom is -0.457 e. The molecular formula is C43H50N2O2. The summed E-state index contributed by atoms with van der Waals surface area (Å²) < 4.78 is 12.4. The summed E-state index contributed by atoms with van der Waals surface area (Å²) in [7, 11) is 0. The van der Waals surface area contributed by atoms with Crippen LogP contribution in [0.1, 0.15) is 52.7 Å². The van der Waals surface area contributed by atoms with Crippen LogP contribution < -0.4 is 19.3 Å². The Hall–Kier alpha value is -4.96. The minimum absolute atomic E-state index is 0.202. The molecule has 0 saturated heterocycles. The standard InChI is InChI=1S/C43H50N2O2/c1-31(2)27-44(28-32(3)4)37-15-23-41(24-16-37)46-39-19-11-35(12-20-39)43(9,10)36-13-21-40(22-14-36)47-42-25-17-38(18-26-42)45(29-33(5)6)30-34(7)8/h11-26H,1,3,5,7,27-30H2,2,4,6,8-10H3. The lowest BCUT2D eigenvalue weighted by molar-refractivity contribution is 0.481. The van der Waals surface area contributed by atoms with Gasteiger partial charge in [-0.15, -0.1) is 0 Å². The molecule has 0 radical (unpaired) electrons. The normalized spacial score (nSPS) is 11.0. The molecule has 0 bridgehead atoms. The Bertz CT molecular complexity index is 1520. The molecule has 0 aliphatic rings. The molecule has 4 rings (SSSR count). The van der Waals surface area contributed by atoms with Crippen molar-refractivity contribution in [3.63, 3.8) is 0 Å². The van der Waals surface area contributed by atoms with Gasteiger partial charge in [0, 0.05) is 43.0 Å². The van der Waals surface area contributed by atoms with Gasteiger partial charge < -0.3 is 19.3 Å². The first-order chi connectivity index (χ1) is 22.3. The van der Waals surface area contributed by atoms with Crippen LogP contribution >= 0.6 is 0 Å². The van der Waals surface area contributed by atoms with E-state index in [2.05, 4.69) is 98.5 Å². The van der Waals surface area contributed by atoms with Crippen molar-refractivity contribution in [1.29, 1.82) is 0 Å². The molecule has 0 atom stereocenters. The van der Waals surface area contributed by atoms with Crippen molar-refractivity contribution in [1.82, 2.24) is 0 Å². The van der Waals surface area contributed by atoms with E-state index >= 15 is 0 Å². The number of hydrogen-bond acceptors (Lipinski definition) is 4. The number of rotatable bonds is 16. The molecule has 47 heavy (non-hydrogen) atoms. The fourth-order valence-electron chi connectivity index (χ4n) is 5.55. The van der Waals surface area contributed by atoms with Crippen LogP contribution in [0.3, 0.4) is 0 Å². The highest BCUT2D eigenvalue weighted by molar-refractivity contribution is 5.53. The Morgan fingerprint density at radius 2 is 0.681 bits per heavy atom. The predicted molar refractivity (Wildman–Crippen MR) is 202 cm³/mol. The van der Waals surface area contributed by atoms with Crippen molar-refractivity contribution in [2.24, 2.45) is 0 Å². The molecule has 0 N–H and O–H groups in total. The Balaban J connectivity index is 1.39.